The smallest absolute Gasteiger partial charge is 0.246 e. The lowest BCUT2D eigenvalue weighted by molar-refractivity contribution is -0.118. The first-order valence-electron chi connectivity index (χ1n) is 8.14. The van der Waals surface area contributed by atoms with Crippen molar-refractivity contribution in [3.63, 3.8) is 0 Å². The second kappa shape index (κ2) is 7.93. The summed E-state index contributed by atoms with van der Waals surface area (Å²) in [6.45, 7) is 9.10. The standard InChI is InChI=1S/C20H26N2O/c1-14(2)13-21-19(17-8-6-5-7-9-17)20(23)22-18-12-15(3)10-11-16(18)4/h5-12,14,19,21H,13H2,1-4H3,(H,22,23). The van der Waals surface area contributed by atoms with Crippen molar-refractivity contribution in [2.45, 2.75) is 33.7 Å². The van der Waals surface area contributed by atoms with Gasteiger partial charge >= 0.3 is 0 Å². The molecule has 2 aromatic carbocycles. The van der Waals surface area contributed by atoms with E-state index in [-0.39, 0.29) is 11.9 Å². The van der Waals surface area contributed by atoms with Crippen molar-refractivity contribution in [3.8, 4) is 0 Å². The maximum Gasteiger partial charge on any atom is 0.246 e. The van der Waals surface area contributed by atoms with E-state index in [1.165, 1.54) is 0 Å². The molecule has 3 nitrogen and oxygen atoms in total. The van der Waals surface area contributed by atoms with Gasteiger partial charge in [0, 0.05) is 5.69 Å². The highest BCUT2D eigenvalue weighted by Gasteiger charge is 2.20. The Hall–Kier alpha value is -2.13. The highest BCUT2D eigenvalue weighted by molar-refractivity contribution is 5.96. The van der Waals surface area contributed by atoms with Crippen LogP contribution in [0.2, 0.25) is 0 Å². The second-order valence-corrected chi connectivity index (χ2v) is 6.45. The molecule has 0 bridgehead atoms. The summed E-state index contributed by atoms with van der Waals surface area (Å²) in [5, 5.41) is 6.45. The Balaban J connectivity index is 2.20. The number of carbonyl (C=O) groups is 1. The molecule has 1 unspecified atom stereocenters. The lowest BCUT2D eigenvalue weighted by Gasteiger charge is -2.21. The Morgan fingerprint density at radius 2 is 1.74 bits per heavy atom. The number of rotatable bonds is 6. The van der Waals surface area contributed by atoms with Crippen molar-refractivity contribution in [1.29, 1.82) is 0 Å². The molecule has 0 saturated carbocycles. The molecule has 3 heteroatoms. The van der Waals surface area contributed by atoms with E-state index in [9.17, 15) is 4.79 Å². The summed E-state index contributed by atoms with van der Waals surface area (Å²) in [5.41, 5.74) is 4.06. The van der Waals surface area contributed by atoms with Crippen LogP contribution >= 0.6 is 0 Å². The maximum atomic E-state index is 12.8. The van der Waals surface area contributed by atoms with E-state index in [2.05, 4.69) is 30.5 Å². The van der Waals surface area contributed by atoms with Crippen LogP contribution in [0.3, 0.4) is 0 Å². The van der Waals surface area contributed by atoms with Gasteiger partial charge in [0.2, 0.25) is 5.91 Å². The summed E-state index contributed by atoms with van der Waals surface area (Å²) in [5.74, 6) is 0.459. The molecule has 0 aliphatic rings. The molecule has 0 aliphatic heterocycles. The SMILES string of the molecule is Cc1ccc(C)c(NC(=O)C(NCC(C)C)c2ccccc2)c1. The van der Waals surface area contributed by atoms with Crippen LogP contribution < -0.4 is 10.6 Å². The number of nitrogens with one attached hydrogen (secondary N) is 2. The Bertz CT molecular complexity index is 650. The number of hydrogen-bond acceptors (Lipinski definition) is 2. The monoisotopic (exact) mass is 310 g/mol. The van der Waals surface area contributed by atoms with Gasteiger partial charge in [0.1, 0.15) is 6.04 Å². The lowest BCUT2D eigenvalue weighted by Crippen LogP contribution is -2.35. The molecule has 0 spiro atoms. The van der Waals surface area contributed by atoms with Gasteiger partial charge in [-0.2, -0.15) is 0 Å². The van der Waals surface area contributed by atoms with Gasteiger partial charge in [0.05, 0.1) is 0 Å². The average molecular weight is 310 g/mol. The van der Waals surface area contributed by atoms with Gasteiger partial charge in [0.25, 0.3) is 0 Å². The Kier molecular flexibility index (Phi) is 5.94. The van der Waals surface area contributed by atoms with Crippen LogP contribution in [0.4, 0.5) is 5.69 Å². The molecule has 1 atom stereocenters. The third kappa shape index (κ3) is 4.93. The Labute approximate surface area is 139 Å². The van der Waals surface area contributed by atoms with Crippen molar-refractivity contribution >= 4 is 11.6 Å². The molecular formula is C20H26N2O. The minimum atomic E-state index is -0.349. The summed E-state index contributed by atoms with van der Waals surface area (Å²) >= 11 is 0. The first-order valence-corrected chi connectivity index (χ1v) is 8.14. The summed E-state index contributed by atoms with van der Waals surface area (Å²) < 4.78 is 0. The van der Waals surface area contributed by atoms with E-state index in [0.29, 0.717) is 5.92 Å². The fourth-order valence-corrected chi connectivity index (χ4v) is 2.44. The number of benzene rings is 2. The zero-order valence-electron chi connectivity index (χ0n) is 14.4. The first-order chi connectivity index (χ1) is 11.0. The van der Waals surface area contributed by atoms with Crippen LogP contribution in [0, 0.1) is 19.8 Å². The van der Waals surface area contributed by atoms with E-state index in [1.807, 2.05) is 56.3 Å². The van der Waals surface area contributed by atoms with Crippen molar-refractivity contribution in [2.24, 2.45) is 5.92 Å². The number of anilines is 1. The fraction of sp³-hybridized carbons (Fsp3) is 0.350. The normalized spacial score (nSPS) is 12.2. The molecule has 0 saturated heterocycles. The molecule has 0 fully saturated rings. The average Bonchev–Trinajstić information content (AvgIpc) is 2.52. The minimum Gasteiger partial charge on any atom is -0.324 e. The Morgan fingerprint density at radius 3 is 2.39 bits per heavy atom. The molecule has 0 aromatic heterocycles. The largest absolute Gasteiger partial charge is 0.324 e. The molecule has 0 aliphatic carbocycles. The van der Waals surface area contributed by atoms with E-state index in [0.717, 1.165) is 28.9 Å². The predicted octanol–water partition coefficient (Wildman–Crippen LogP) is 4.23. The van der Waals surface area contributed by atoms with Gasteiger partial charge in [-0.05, 0) is 49.1 Å². The van der Waals surface area contributed by atoms with E-state index in [4.69, 9.17) is 0 Å². The van der Waals surface area contributed by atoms with Crippen LogP contribution in [0.25, 0.3) is 0 Å². The summed E-state index contributed by atoms with van der Waals surface area (Å²) in [7, 11) is 0. The molecule has 2 N–H and O–H groups in total. The van der Waals surface area contributed by atoms with Gasteiger partial charge in [-0.15, -0.1) is 0 Å². The first kappa shape index (κ1) is 17.2. The number of aryl methyl sites for hydroxylation is 2. The quantitative estimate of drug-likeness (QED) is 0.838. The van der Waals surface area contributed by atoms with Gasteiger partial charge in [-0.25, -0.2) is 0 Å². The second-order valence-electron chi connectivity index (χ2n) is 6.45. The lowest BCUT2D eigenvalue weighted by atomic mass is 10.0. The van der Waals surface area contributed by atoms with Gasteiger partial charge < -0.3 is 10.6 Å². The summed E-state index contributed by atoms with van der Waals surface area (Å²) in [4.78, 5) is 12.8. The van der Waals surface area contributed by atoms with E-state index in [1.54, 1.807) is 0 Å². The topological polar surface area (TPSA) is 41.1 Å². The fourth-order valence-electron chi connectivity index (χ4n) is 2.44. The van der Waals surface area contributed by atoms with Gasteiger partial charge in [0.15, 0.2) is 0 Å². The van der Waals surface area contributed by atoms with Crippen molar-refractivity contribution in [3.05, 3.63) is 65.2 Å². The maximum absolute atomic E-state index is 12.8. The molecule has 2 rings (SSSR count). The molecule has 0 radical (unpaired) electrons. The van der Waals surface area contributed by atoms with Crippen LogP contribution in [-0.4, -0.2) is 12.5 Å². The van der Waals surface area contributed by atoms with Crippen LogP contribution in [0.15, 0.2) is 48.5 Å². The molecular weight excluding hydrogens is 284 g/mol. The van der Waals surface area contributed by atoms with Crippen molar-refractivity contribution in [2.75, 3.05) is 11.9 Å². The molecule has 0 heterocycles. The molecule has 1 amide bonds. The van der Waals surface area contributed by atoms with Crippen LogP contribution in [0.1, 0.15) is 36.6 Å². The zero-order chi connectivity index (χ0) is 16.8. The third-order valence-electron chi connectivity index (χ3n) is 3.78. The zero-order valence-corrected chi connectivity index (χ0v) is 14.4. The number of amides is 1. The van der Waals surface area contributed by atoms with Crippen molar-refractivity contribution < 1.29 is 4.79 Å². The number of carbonyl (C=O) groups excluding carboxylic acids is 1. The molecule has 122 valence electrons. The van der Waals surface area contributed by atoms with Gasteiger partial charge in [-0.3, -0.25) is 4.79 Å². The van der Waals surface area contributed by atoms with Gasteiger partial charge in [-0.1, -0.05) is 56.3 Å². The summed E-state index contributed by atoms with van der Waals surface area (Å²) in [6, 6.07) is 15.6. The van der Waals surface area contributed by atoms with Crippen LogP contribution in [0.5, 0.6) is 0 Å². The predicted molar refractivity (Wildman–Crippen MR) is 96.6 cm³/mol. The molecule has 23 heavy (non-hydrogen) atoms. The summed E-state index contributed by atoms with van der Waals surface area (Å²) in [6.07, 6.45) is 0. The number of hydrogen-bond donors (Lipinski definition) is 2. The van der Waals surface area contributed by atoms with E-state index < -0.39 is 0 Å². The Morgan fingerprint density at radius 1 is 1.04 bits per heavy atom. The molecule has 2 aromatic rings. The highest BCUT2D eigenvalue weighted by atomic mass is 16.2. The van der Waals surface area contributed by atoms with Crippen molar-refractivity contribution in [1.82, 2.24) is 5.32 Å². The highest BCUT2D eigenvalue weighted by Crippen LogP contribution is 2.20. The van der Waals surface area contributed by atoms with Crippen LogP contribution in [-0.2, 0) is 4.79 Å². The van der Waals surface area contributed by atoms with E-state index >= 15 is 0 Å². The third-order valence-corrected chi connectivity index (χ3v) is 3.78. The minimum absolute atomic E-state index is 0.0226.